The Kier molecular flexibility index (Phi) is 5.25. The average Bonchev–Trinajstić information content (AvgIpc) is 1.85. The number of alkyl halides is 1. The molecule has 3 nitrogen and oxygen atoms in total. The number of rotatable bonds is 4. The maximum atomic E-state index is 9.17. The van der Waals surface area contributed by atoms with Crippen molar-refractivity contribution in [2.75, 3.05) is 26.0 Å². The molecule has 2 atom stereocenters. The summed E-state index contributed by atoms with van der Waals surface area (Å²) >= 11 is 3.08. The van der Waals surface area contributed by atoms with Gasteiger partial charge in [-0.25, -0.2) is 0 Å². The lowest BCUT2D eigenvalue weighted by Crippen LogP contribution is -2.36. The summed E-state index contributed by atoms with van der Waals surface area (Å²) in [4.78, 5) is 1.83. The standard InChI is InChI=1S/C6H14BrNO2/c1-8(2)4-6(10)5(9)3-7/h5-6,9-10H,3-4H2,1-2H3. The Labute approximate surface area is 69.8 Å². The zero-order valence-electron chi connectivity index (χ0n) is 6.29. The molecule has 2 unspecified atom stereocenters. The predicted molar refractivity (Wildman–Crippen MR) is 44.4 cm³/mol. The van der Waals surface area contributed by atoms with Crippen molar-refractivity contribution >= 4 is 15.9 Å². The first-order valence-corrected chi connectivity index (χ1v) is 4.27. The summed E-state index contributed by atoms with van der Waals surface area (Å²) in [6.45, 7) is 0.493. The van der Waals surface area contributed by atoms with Gasteiger partial charge < -0.3 is 15.1 Å². The van der Waals surface area contributed by atoms with Gasteiger partial charge in [0.2, 0.25) is 0 Å². The van der Waals surface area contributed by atoms with Crippen molar-refractivity contribution in [2.24, 2.45) is 0 Å². The molecule has 0 radical (unpaired) electrons. The lowest BCUT2D eigenvalue weighted by Gasteiger charge is -2.19. The Bertz CT molecular complexity index is 89.8. The molecule has 0 fully saturated rings. The second-order valence-corrected chi connectivity index (χ2v) is 3.20. The van der Waals surface area contributed by atoms with E-state index in [4.69, 9.17) is 10.2 Å². The molecule has 2 N–H and O–H groups in total. The number of hydrogen-bond acceptors (Lipinski definition) is 3. The fourth-order valence-corrected chi connectivity index (χ4v) is 1.03. The van der Waals surface area contributed by atoms with Crippen molar-refractivity contribution in [3.8, 4) is 0 Å². The van der Waals surface area contributed by atoms with E-state index < -0.39 is 12.2 Å². The minimum atomic E-state index is -0.664. The van der Waals surface area contributed by atoms with Crippen LogP contribution in [0.25, 0.3) is 0 Å². The molecule has 0 aliphatic carbocycles. The molecule has 0 amide bonds. The lowest BCUT2D eigenvalue weighted by atomic mass is 10.2. The molecule has 0 spiro atoms. The Morgan fingerprint density at radius 1 is 1.30 bits per heavy atom. The summed E-state index contributed by atoms with van der Waals surface area (Å²) in [7, 11) is 3.70. The van der Waals surface area contributed by atoms with E-state index in [0.29, 0.717) is 11.9 Å². The van der Waals surface area contributed by atoms with Crippen LogP contribution in [0.1, 0.15) is 0 Å². The van der Waals surface area contributed by atoms with Gasteiger partial charge in [-0.15, -0.1) is 0 Å². The lowest BCUT2D eigenvalue weighted by molar-refractivity contribution is 0.0196. The zero-order chi connectivity index (χ0) is 8.15. The van der Waals surface area contributed by atoms with E-state index in [-0.39, 0.29) is 0 Å². The second-order valence-electron chi connectivity index (χ2n) is 2.55. The van der Waals surface area contributed by atoms with Crippen LogP contribution in [0.5, 0.6) is 0 Å². The van der Waals surface area contributed by atoms with Crippen LogP contribution in [0.3, 0.4) is 0 Å². The third kappa shape index (κ3) is 4.22. The highest BCUT2D eigenvalue weighted by Crippen LogP contribution is 1.98. The number of aliphatic hydroxyl groups is 2. The summed E-state index contributed by atoms with van der Waals surface area (Å²) in [5.41, 5.74) is 0. The van der Waals surface area contributed by atoms with Gasteiger partial charge in [0.15, 0.2) is 0 Å². The summed E-state index contributed by atoms with van der Waals surface area (Å²) in [5.74, 6) is 0. The average molecular weight is 212 g/mol. The minimum Gasteiger partial charge on any atom is -0.390 e. The zero-order valence-corrected chi connectivity index (χ0v) is 7.87. The molecule has 0 aromatic carbocycles. The van der Waals surface area contributed by atoms with E-state index >= 15 is 0 Å². The van der Waals surface area contributed by atoms with E-state index in [2.05, 4.69) is 15.9 Å². The first kappa shape index (κ1) is 10.4. The van der Waals surface area contributed by atoms with Crippen molar-refractivity contribution < 1.29 is 10.2 Å². The summed E-state index contributed by atoms with van der Waals surface area (Å²) in [5, 5.41) is 18.6. The smallest absolute Gasteiger partial charge is 0.0933 e. The van der Waals surface area contributed by atoms with Gasteiger partial charge >= 0.3 is 0 Å². The van der Waals surface area contributed by atoms with Gasteiger partial charge in [0.25, 0.3) is 0 Å². The highest BCUT2D eigenvalue weighted by Gasteiger charge is 2.14. The van der Waals surface area contributed by atoms with E-state index in [1.54, 1.807) is 0 Å². The van der Waals surface area contributed by atoms with Crippen molar-refractivity contribution in [2.45, 2.75) is 12.2 Å². The largest absolute Gasteiger partial charge is 0.390 e. The van der Waals surface area contributed by atoms with Crippen LogP contribution in [0, 0.1) is 0 Å². The van der Waals surface area contributed by atoms with E-state index in [1.807, 2.05) is 19.0 Å². The van der Waals surface area contributed by atoms with E-state index in [0.717, 1.165) is 0 Å². The van der Waals surface area contributed by atoms with Crippen LogP contribution < -0.4 is 0 Å². The van der Waals surface area contributed by atoms with Gasteiger partial charge in [0, 0.05) is 11.9 Å². The van der Waals surface area contributed by atoms with Crippen LogP contribution in [0.15, 0.2) is 0 Å². The minimum absolute atomic E-state index is 0.419. The SMILES string of the molecule is CN(C)CC(O)C(O)CBr. The van der Waals surface area contributed by atoms with Gasteiger partial charge in [-0.3, -0.25) is 0 Å². The summed E-state index contributed by atoms with van der Waals surface area (Å²) < 4.78 is 0. The summed E-state index contributed by atoms with van der Waals surface area (Å²) in [6, 6.07) is 0. The second kappa shape index (κ2) is 5.07. The Morgan fingerprint density at radius 2 is 1.80 bits per heavy atom. The molecule has 0 aliphatic heterocycles. The Hall–Kier alpha value is 0.360. The van der Waals surface area contributed by atoms with E-state index in [1.165, 1.54) is 0 Å². The fraction of sp³-hybridized carbons (Fsp3) is 1.00. The van der Waals surface area contributed by atoms with E-state index in [9.17, 15) is 0 Å². The molecule has 0 heterocycles. The molecule has 4 heteroatoms. The predicted octanol–water partition coefficient (Wildman–Crippen LogP) is -0.335. The molecule has 0 aliphatic rings. The maximum absolute atomic E-state index is 9.17. The van der Waals surface area contributed by atoms with Crippen LogP contribution in [0.2, 0.25) is 0 Å². The molecular formula is C6H14BrNO2. The van der Waals surface area contributed by atoms with Crippen molar-refractivity contribution in [1.29, 1.82) is 0 Å². The topological polar surface area (TPSA) is 43.7 Å². The molecule has 10 heavy (non-hydrogen) atoms. The first-order chi connectivity index (χ1) is 4.57. The van der Waals surface area contributed by atoms with Crippen LogP contribution in [-0.4, -0.2) is 53.3 Å². The molecule has 0 saturated heterocycles. The van der Waals surface area contributed by atoms with Crippen LogP contribution in [0.4, 0.5) is 0 Å². The molecule has 0 bridgehead atoms. The van der Waals surface area contributed by atoms with Gasteiger partial charge in [0.05, 0.1) is 12.2 Å². The maximum Gasteiger partial charge on any atom is 0.0933 e. The number of hydrogen-bond donors (Lipinski definition) is 2. The Morgan fingerprint density at radius 3 is 2.10 bits per heavy atom. The van der Waals surface area contributed by atoms with Crippen molar-refractivity contribution in [3.63, 3.8) is 0 Å². The van der Waals surface area contributed by atoms with Crippen molar-refractivity contribution in [3.05, 3.63) is 0 Å². The Balaban J connectivity index is 3.50. The molecular weight excluding hydrogens is 198 g/mol. The van der Waals surface area contributed by atoms with Crippen LogP contribution >= 0.6 is 15.9 Å². The number of nitrogens with zero attached hydrogens (tertiary/aromatic N) is 1. The normalized spacial score (nSPS) is 17.4. The number of likely N-dealkylation sites (N-methyl/N-ethyl adjacent to an activating group) is 1. The molecule has 0 aromatic rings. The number of halogens is 1. The third-order valence-corrected chi connectivity index (χ3v) is 1.82. The molecule has 0 saturated carbocycles. The molecule has 0 aromatic heterocycles. The highest BCUT2D eigenvalue weighted by molar-refractivity contribution is 9.09. The monoisotopic (exact) mass is 211 g/mol. The van der Waals surface area contributed by atoms with Gasteiger partial charge in [0.1, 0.15) is 0 Å². The number of aliphatic hydroxyl groups excluding tert-OH is 2. The van der Waals surface area contributed by atoms with Gasteiger partial charge in [-0.1, -0.05) is 15.9 Å². The van der Waals surface area contributed by atoms with Crippen LogP contribution in [-0.2, 0) is 0 Å². The van der Waals surface area contributed by atoms with Gasteiger partial charge in [-0.05, 0) is 14.1 Å². The third-order valence-electron chi connectivity index (χ3n) is 1.15. The molecule has 62 valence electrons. The summed E-state index contributed by atoms with van der Waals surface area (Å²) in [6.07, 6.45) is -1.32. The first-order valence-electron chi connectivity index (χ1n) is 3.14. The van der Waals surface area contributed by atoms with Gasteiger partial charge in [-0.2, -0.15) is 0 Å². The van der Waals surface area contributed by atoms with Crippen molar-refractivity contribution in [1.82, 2.24) is 4.90 Å². The fourth-order valence-electron chi connectivity index (χ4n) is 0.599. The highest BCUT2D eigenvalue weighted by atomic mass is 79.9. The molecule has 0 rings (SSSR count). The quantitative estimate of drug-likeness (QED) is 0.627.